The number of aliphatic carboxylic acids is 1. The monoisotopic (exact) mass is 306 g/mol. The third-order valence-corrected chi connectivity index (χ3v) is 5.48. The largest absolute Gasteiger partial charge is 0.480 e. The van der Waals surface area contributed by atoms with Gasteiger partial charge in [0.05, 0.1) is 5.75 Å². The van der Waals surface area contributed by atoms with E-state index in [1.165, 1.54) is 9.21 Å². The summed E-state index contributed by atoms with van der Waals surface area (Å²) in [6, 6.07) is -0.172. The molecule has 0 radical (unpaired) electrons. The molecule has 1 aliphatic rings. The Morgan fingerprint density at radius 3 is 2.50 bits per heavy atom. The van der Waals surface area contributed by atoms with Gasteiger partial charge in [-0.1, -0.05) is 6.92 Å². The molecule has 0 aromatic carbocycles. The Kier molecular flexibility index (Phi) is 5.94. The van der Waals surface area contributed by atoms with Crippen molar-refractivity contribution in [2.45, 2.75) is 39.2 Å². The van der Waals surface area contributed by atoms with Crippen LogP contribution >= 0.6 is 0 Å². The van der Waals surface area contributed by atoms with Crippen molar-refractivity contribution in [3.63, 3.8) is 0 Å². The molecule has 0 aliphatic carbocycles. The van der Waals surface area contributed by atoms with Crippen LogP contribution in [-0.2, 0) is 19.6 Å². The van der Waals surface area contributed by atoms with Crippen LogP contribution in [-0.4, -0.2) is 66.0 Å². The number of hydrogen-bond donors (Lipinski definition) is 1. The number of sulfonamides is 1. The van der Waals surface area contributed by atoms with Gasteiger partial charge in [0.1, 0.15) is 6.54 Å². The minimum absolute atomic E-state index is 0.0247. The van der Waals surface area contributed by atoms with E-state index in [1.54, 1.807) is 6.92 Å². The number of hydrogen-bond acceptors (Lipinski definition) is 4. The smallest absolute Gasteiger partial charge is 0.323 e. The molecular formula is C12H22N2O5S. The summed E-state index contributed by atoms with van der Waals surface area (Å²) in [6.45, 7) is 3.89. The molecule has 0 saturated carbocycles. The topological polar surface area (TPSA) is 95.0 Å². The van der Waals surface area contributed by atoms with Crippen LogP contribution < -0.4 is 0 Å². The van der Waals surface area contributed by atoms with Gasteiger partial charge in [-0.15, -0.1) is 0 Å². The molecule has 1 amide bonds. The summed E-state index contributed by atoms with van der Waals surface area (Å²) in [5.74, 6) is -1.25. The van der Waals surface area contributed by atoms with E-state index in [-0.39, 0.29) is 37.2 Å². The lowest BCUT2D eigenvalue weighted by Crippen LogP contribution is -2.43. The van der Waals surface area contributed by atoms with Gasteiger partial charge in [0.25, 0.3) is 0 Å². The molecule has 116 valence electrons. The van der Waals surface area contributed by atoms with Crippen LogP contribution in [0.25, 0.3) is 0 Å². The summed E-state index contributed by atoms with van der Waals surface area (Å²) in [4.78, 5) is 24.2. The quantitative estimate of drug-likeness (QED) is 0.721. The Balaban J connectivity index is 2.60. The zero-order chi connectivity index (χ0) is 15.3. The van der Waals surface area contributed by atoms with Gasteiger partial charge < -0.3 is 10.0 Å². The van der Waals surface area contributed by atoms with Crippen molar-refractivity contribution in [2.75, 3.05) is 25.4 Å². The third-order valence-electron chi connectivity index (χ3n) is 3.53. The van der Waals surface area contributed by atoms with E-state index in [4.69, 9.17) is 5.11 Å². The van der Waals surface area contributed by atoms with E-state index in [0.29, 0.717) is 19.4 Å². The normalized spacial score (nSPS) is 19.7. The fourth-order valence-electron chi connectivity index (χ4n) is 2.16. The van der Waals surface area contributed by atoms with Crippen molar-refractivity contribution in [3.05, 3.63) is 0 Å². The van der Waals surface area contributed by atoms with Crippen molar-refractivity contribution < 1.29 is 23.1 Å². The average Bonchev–Trinajstić information content (AvgIpc) is 2.71. The Bertz CT molecular complexity index is 462. The maximum absolute atomic E-state index is 12.1. The number of amides is 1. The van der Waals surface area contributed by atoms with Crippen molar-refractivity contribution in [2.24, 2.45) is 0 Å². The first-order valence-electron chi connectivity index (χ1n) is 6.77. The molecular weight excluding hydrogens is 284 g/mol. The minimum Gasteiger partial charge on any atom is -0.480 e. The molecule has 1 unspecified atom stereocenters. The van der Waals surface area contributed by atoms with Gasteiger partial charge in [-0.2, -0.15) is 0 Å². The van der Waals surface area contributed by atoms with Gasteiger partial charge >= 0.3 is 5.97 Å². The maximum Gasteiger partial charge on any atom is 0.323 e. The number of carboxylic acid groups (broad SMARTS) is 1. The van der Waals surface area contributed by atoms with Crippen LogP contribution in [0.4, 0.5) is 0 Å². The Morgan fingerprint density at radius 2 is 2.05 bits per heavy atom. The standard InChI is InChI=1S/C12H22N2O5S/c1-3-10(2)14(9-12(16)17)11(15)5-7-13-6-4-8-20(13,18)19/h10H,3-9H2,1-2H3,(H,16,17). The van der Waals surface area contributed by atoms with Gasteiger partial charge in [0.2, 0.25) is 15.9 Å². The second-order valence-corrected chi connectivity index (χ2v) is 7.08. The Labute approximate surface area is 119 Å². The second kappa shape index (κ2) is 7.03. The van der Waals surface area contributed by atoms with Gasteiger partial charge in [-0.25, -0.2) is 12.7 Å². The number of carboxylic acids is 1. The predicted octanol–water partition coefficient (Wildman–Crippen LogP) is 0.124. The number of carbonyl (C=O) groups excluding carboxylic acids is 1. The highest BCUT2D eigenvalue weighted by Crippen LogP contribution is 2.14. The number of nitrogens with zero attached hydrogens (tertiary/aromatic N) is 2. The SMILES string of the molecule is CCC(C)N(CC(=O)O)C(=O)CCN1CCCS1(=O)=O. The molecule has 0 spiro atoms. The van der Waals surface area contributed by atoms with Crippen molar-refractivity contribution in [1.82, 2.24) is 9.21 Å². The zero-order valence-electron chi connectivity index (χ0n) is 11.9. The van der Waals surface area contributed by atoms with Gasteiger partial charge in [-0.05, 0) is 19.8 Å². The summed E-state index contributed by atoms with van der Waals surface area (Å²) in [7, 11) is -3.21. The summed E-state index contributed by atoms with van der Waals surface area (Å²) < 4.78 is 24.5. The van der Waals surface area contributed by atoms with E-state index >= 15 is 0 Å². The van der Waals surface area contributed by atoms with Crippen LogP contribution in [0.15, 0.2) is 0 Å². The summed E-state index contributed by atoms with van der Waals surface area (Å²) in [5, 5.41) is 8.84. The molecule has 1 saturated heterocycles. The van der Waals surface area contributed by atoms with E-state index in [2.05, 4.69) is 0 Å². The van der Waals surface area contributed by atoms with Gasteiger partial charge in [0, 0.05) is 25.6 Å². The molecule has 1 heterocycles. The average molecular weight is 306 g/mol. The molecule has 1 N–H and O–H groups in total. The van der Waals surface area contributed by atoms with Gasteiger partial charge in [-0.3, -0.25) is 9.59 Å². The molecule has 1 aliphatic heterocycles. The Morgan fingerprint density at radius 1 is 1.40 bits per heavy atom. The van der Waals surface area contributed by atoms with Crippen LogP contribution in [0, 0.1) is 0 Å². The van der Waals surface area contributed by atoms with Crippen LogP contribution in [0.3, 0.4) is 0 Å². The highest BCUT2D eigenvalue weighted by molar-refractivity contribution is 7.89. The van der Waals surface area contributed by atoms with Crippen LogP contribution in [0.1, 0.15) is 33.1 Å². The lowest BCUT2D eigenvalue weighted by molar-refractivity contribution is -0.146. The fourth-order valence-corrected chi connectivity index (χ4v) is 3.69. The summed E-state index contributed by atoms with van der Waals surface area (Å²) >= 11 is 0. The summed E-state index contributed by atoms with van der Waals surface area (Å²) in [6.07, 6.45) is 1.26. The van der Waals surface area contributed by atoms with Crippen LogP contribution in [0.5, 0.6) is 0 Å². The molecule has 0 bridgehead atoms. The van der Waals surface area contributed by atoms with Crippen molar-refractivity contribution in [1.29, 1.82) is 0 Å². The first-order valence-corrected chi connectivity index (χ1v) is 8.38. The summed E-state index contributed by atoms with van der Waals surface area (Å²) in [5.41, 5.74) is 0. The van der Waals surface area contributed by atoms with Crippen LogP contribution in [0.2, 0.25) is 0 Å². The first kappa shape index (κ1) is 16.9. The molecule has 1 fully saturated rings. The first-order chi connectivity index (χ1) is 9.27. The molecule has 1 rings (SSSR count). The maximum atomic E-state index is 12.1. The molecule has 7 nitrogen and oxygen atoms in total. The van der Waals surface area contributed by atoms with Gasteiger partial charge in [0.15, 0.2) is 0 Å². The highest BCUT2D eigenvalue weighted by Gasteiger charge is 2.29. The molecule has 20 heavy (non-hydrogen) atoms. The molecule has 0 aromatic heterocycles. The lowest BCUT2D eigenvalue weighted by atomic mass is 10.2. The van der Waals surface area contributed by atoms with E-state index in [9.17, 15) is 18.0 Å². The van der Waals surface area contributed by atoms with Crippen molar-refractivity contribution in [3.8, 4) is 0 Å². The number of rotatable bonds is 7. The highest BCUT2D eigenvalue weighted by atomic mass is 32.2. The third kappa shape index (κ3) is 4.45. The van der Waals surface area contributed by atoms with E-state index < -0.39 is 16.0 Å². The molecule has 8 heteroatoms. The van der Waals surface area contributed by atoms with Crippen molar-refractivity contribution >= 4 is 21.9 Å². The molecule has 0 aromatic rings. The Hall–Kier alpha value is -1.15. The minimum atomic E-state index is -3.21. The predicted molar refractivity (Wildman–Crippen MR) is 73.7 cm³/mol. The zero-order valence-corrected chi connectivity index (χ0v) is 12.7. The second-order valence-electron chi connectivity index (χ2n) is 4.99. The fraction of sp³-hybridized carbons (Fsp3) is 0.833. The van der Waals surface area contributed by atoms with E-state index in [1.807, 2.05) is 6.92 Å². The number of carbonyl (C=O) groups is 2. The molecule has 1 atom stereocenters. The van der Waals surface area contributed by atoms with E-state index in [0.717, 1.165) is 0 Å². The lowest BCUT2D eigenvalue weighted by Gasteiger charge is -2.27.